The van der Waals surface area contributed by atoms with E-state index in [4.69, 9.17) is 5.14 Å². The molecule has 3 aromatic rings. The maximum Gasteiger partial charge on any atom is 0.265 e. The molecule has 0 atom stereocenters. The summed E-state index contributed by atoms with van der Waals surface area (Å²) in [4.78, 5) is 11.2. The van der Waals surface area contributed by atoms with Crippen molar-refractivity contribution in [3.05, 3.63) is 84.4 Å². The molecule has 3 rings (SSSR count). The summed E-state index contributed by atoms with van der Waals surface area (Å²) in [6.07, 6.45) is 0. The second kappa shape index (κ2) is 7.55. The molecule has 28 heavy (non-hydrogen) atoms. The Morgan fingerprint density at radius 3 is 1.75 bits per heavy atom. The van der Waals surface area contributed by atoms with Gasteiger partial charge in [0, 0.05) is 5.56 Å². The summed E-state index contributed by atoms with van der Waals surface area (Å²) in [5, 5.41) is 5.06. The Morgan fingerprint density at radius 2 is 1.18 bits per heavy atom. The Morgan fingerprint density at radius 1 is 0.679 bits per heavy atom. The minimum absolute atomic E-state index is 0.108. The number of carbonyl (C=O) groups excluding carboxylic acids is 1. The molecule has 0 radical (unpaired) electrons. The molecule has 0 fully saturated rings. The molecule has 0 heterocycles. The van der Waals surface area contributed by atoms with Gasteiger partial charge in [-0.05, 0) is 35.4 Å². The van der Waals surface area contributed by atoms with Gasteiger partial charge in [-0.1, -0.05) is 54.6 Å². The van der Waals surface area contributed by atoms with E-state index >= 15 is 0 Å². The van der Waals surface area contributed by atoms with Crippen molar-refractivity contribution < 1.29 is 21.6 Å². The molecule has 0 aromatic heterocycles. The van der Waals surface area contributed by atoms with Crippen LogP contribution in [0.5, 0.6) is 0 Å². The van der Waals surface area contributed by atoms with Crippen molar-refractivity contribution in [1.82, 2.24) is 4.72 Å². The number of hydrogen-bond acceptors (Lipinski definition) is 5. The predicted molar refractivity (Wildman–Crippen MR) is 104 cm³/mol. The maximum atomic E-state index is 12.5. The zero-order valence-corrected chi connectivity index (χ0v) is 16.1. The first-order chi connectivity index (χ1) is 13.2. The molecule has 0 saturated carbocycles. The van der Waals surface area contributed by atoms with Crippen LogP contribution in [0.25, 0.3) is 11.1 Å². The van der Waals surface area contributed by atoms with Crippen LogP contribution >= 0.6 is 0 Å². The van der Waals surface area contributed by atoms with Gasteiger partial charge in [0.2, 0.25) is 10.0 Å². The van der Waals surface area contributed by atoms with Gasteiger partial charge in [0.1, 0.15) is 9.79 Å². The van der Waals surface area contributed by atoms with Crippen molar-refractivity contribution in [3.63, 3.8) is 0 Å². The number of primary sulfonamides is 1. The summed E-state index contributed by atoms with van der Waals surface area (Å²) in [5.41, 5.74) is 1.92. The Bertz CT molecular complexity index is 1220. The number of sulfonamides is 2. The lowest BCUT2D eigenvalue weighted by atomic mass is 10.0. The molecule has 0 saturated heterocycles. The molecule has 7 nitrogen and oxygen atoms in total. The molecule has 144 valence electrons. The molecule has 1 amide bonds. The van der Waals surface area contributed by atoms with Crippen molar-refractivity contribution in [3.8, 4) is 11.1 Å². The second-order valence-electron chi connectivity index (χ2n) is 5.87. The van der Waals surface area contributed by atoms with Crippen LogP contribution in [0.2, 0.25) is 0 Å². The van der Waals surface area contributed by atoms with Crippen molar-refractivity contribution in [1.29, 1.82) is 0 Å². The zero-order valence-electron chi connectivity index (χ0n) is 14.4. The fourth-order valence-corrected chi connectivity index (χ4v) is 4.94. The Hall–Kier alpha value is -3.01. The molecule has 3 aromatic carbocycles. The van der Waals surface area contributed by atoms with Crippen molar-refractivity contribution in [2.75, 3.05) is 0 Å². The van der Waals surface area contributed by atoms with E-state index < -0.39 is 35.7 Å². The standard InChI is InChI=1S/C19H16N2O5S2/c20-27(23,24)17-8-4-5-9-18(17)28(25,26)21-19(22)16-12-10-15(11-13-16)14-6-2-1-3-7-14/h1-13H,(H,21,22)(H2,20,23,24). The summed E-state index contributed by atoms with van der Waals surface area (Å²) >= 11 is 0. The normalized spacial score (nSPS) is 11.8. The number of hydrogen-bond donors (Lipinski definition) is 2. The lowest BCUT2D eigenvalue weighted by Gasteiger charge is -2.10. The van der Waals surface area contributed by atoms with E-state index in [2.05, 4.69) is 0 Å². The van der Waals surface area contributed by atoms with Gasteiger partial charge in [-0.3, -0.25) is 4.79 Å². The van der Waals surface area contributed by atoms with E-state index in [0.717, 1.165) is 23.3 Å². The molecule has 3 N–H and O–H groups in total. The average Bonchev–Trinajstić information content (AvgIpc) is 2.68. The second-order valence-corrected chi connectivity index (χ2v) is 9.05. The van der Waals surface area contributed by atoms with Crippen molar-refractivity contribution >= 4 is 26.0 Å². The van der Waals surface area contributed by atoms with Crippen LogP contribution in [-0.4, -0.2) is 22.7 Å². The molecular formula is C19H16N2O5S2. The highest BCUT2D eigenvalue weighted by Crippen LogP contribution is 2.21. The first-order valence-electron chi connectivity index (χ1n) is 8.03. The summed E-state index contributed by atoms with van der Waals surface area (Å²) in [6, 6.07) is 20.6. The van der Waals surface area contributed by atoms with Crippen LogP contribution in [0, 0.1) is 0 Å². The number of rotatable bonds is 5. The molecule has 0 aliphatic heterocycles. The minimum atomic E-state index is -4.44. The maximum absolute atomic E-state index is 12.5. The quantitative estimate of drug-likeness (QED) is 0.659. The summed E-state index contributed by atoms with van der Waals surface area (Å²) in [7, 11) is -8.73. The lowest BCUT2D eigenvalue weighted by molar-refractivity contribution is 0.0981. The van der Waals surface area contributed by atoms with Crippen LogP contribution in [0.1, 0.15) is 10.4 Å². The van der Waals surface area contributed by atoms with Gasteiger partial charge in [0.05, 0.1) is 0 Å². The van der Waals surface area contributed by atoms with Gasteiger partial charge in [-0.25, -0.2) is 26.7 Å². The van der Waals surface area contributed by atoms with Crippen molar-refractivity contribution in [2.45, 2.75) is 9.79 Å². The van der Waals surface area contributed by atoms with E-state index in [0.29, 0.717) is 0 Å². The summed E-state index contributed by atoms with van der Waals surface area (Å²) in [6.45, 7) is 0. The van der Waals surface area contributed by atoms with E-state index in [9.17, 15) is 21.6 Å². The van der Waals surface area contributed by atoms with Gasteiger partial charge < -0.3 is 0 Å². The number of carbonyl (C=O) groups is 1. The highest BCUT2D eigenvalue weighted by Gasteiger charge is 2.26. The van der Waals surface area contributed by atoms with Crippen LogP contribution < -0.4 is 9.86 Å². The minimum Gasteiger partial charge on any atom is -0.268 e. The predicted octanol–water partition coefficient (Wildman–Crippen LogP) is 2.12. The summed E-state index contributed by atoms with van der Waals surface area (Å²) < 4.78 is 50.2. The molecule has 0 bridgehead atoms. The van der Waals surface area contributed by atoms with E-state index in [-0.39, 0.29) is 5.56 Å². The fraction of sp³-hybridized carbons (Fsp3) is 0. The smallest absolute Gasteiger partial charge is 0.265 e. The third kappa shape index (κ3) is 4.28. The largest absolute Gasteiger partial charge is 0.268 e. The van der Waals surface area contributed by atoms with Gasteiger partial charge >= 0.3 is 0 Å². The van der Waals surface area contributed by atoms with Gasteiger partial charge in [0.25, 0.3) is 15.9 Å². The molecule has 0 aliphatic carbocycles. The van der Waals surface area contributed by atoms with Crippen LogP contribution in [0.3, 0.4) is 0 Å². The van der Waals surface area contributed by atoms with E-state index in [1.165, 1.54) is 24.3 Å². The molecular weight excluding hydrogens is 400 g/mol. The highest BCUT2D eigenvalue weighted by molar-refractivity contribution is 7.92. The van der Waals surface area contributed by atoms with E-state index in [1.807, 2.05) is 35.1 Å². The fourth-order valence-electron chi connectivity index (χ4n) is 2.59. The SMILES string of the molecule is NS(=O)(=O)c1ccccc1S(=O)(=O)NC(=O)c1ccc(-c2ccccc2)cc1. The van der Waals surface area contributed by atoms with E-state index in [1.54, 1.807) is 12.1 Å². The third-order valence-corrected chi connectivity index (χ3v) is 6.41. The number of benzene rings is 3. The molecule has 0 aliphatic rings. The molecule has 0 spiro atoms. The van der Waals surface area contributed by atoms with Gasteiger partial charge in [-0.2, -0.15) is 0 Å². The first kappa shape index (κ1) is 19.7. The van der Waals surface area contributed by atoms with Gasteiger partial charge in [0.15, 0.2) is 0 Å². The number of nitrogens with two attached hydrogens (primary N) is 1. The van der Waals surface area contributed by atoms with Crippen LogP contribution in [0.4, 0.5) is 0 Å². The summed E-state index contributed by atoms with van der Waals surface area (Å²) in [5.74, 6) is -0.885. The lowest BCUT2D eigenvalue weighted by Crippen LogP contribution is -2.32. The Labute approximate surface area is 162 Å². The zero-order chi connectivity index (χ0) is 20.4. The topological polar surface area (TPSA) is 123 Å². The van der Waals surface area contributed by atoms with Crippen LogP contribution in [-0.2, 0) is 20.0 Å². The molecule has 9 heteroatoms. The Balaban J connectivity index is 1.87. The Kier molecular flexibility index (Phi) is 5.32. The monoisotopic (exact) mass is 416 g/mol. The van der Waals surface area contributed by atoms with Crippen LogP contribution in [0.15, 0.2) is 88.7 Å². The first-order valence-corrected chi connectivity index (χ1v) is 11.1. The highest BCUT2D eigenvalue weighted by atomic mass is 32.2. The molecule has 0 unspecified atom stereocenters. The number of amides is 1. The van der Waals surface area contributed by atoms with Gasteiger partial charge in [-0.15, -0.1) is 0 Å². The average molecular weight is 416 g/mol. The van der Waals surface area contributed by atoms with Crippen molar-refractivity contribution in [2.24, 2.45) is 5.14 Å². The number of nitrogens with one attached hydrogen (secondary N) is 1. The third-order valence-electron chi connectivity index (χ3n) is 3.93.